The first-order valence-electron chi connectivity index (χ1n) is 10.7. The van der Waals surface area contributed by atoms with E-state index < -0.39 is 0 Å². The summed E-state index contributed by atoms with van der Waals surface area (Å²) in [4.78, 5) is 14.9. The lowest BCUT2D eigenvalue weighted by Gasteiger charge is -2.29. The Morgan fingerprint density at radius 2 is 1.88 bits per heavy atom. The molecular weight excluding hydrogens is 422 g/mol. The number of thioether (sulfide) groups is 1. The zero-order chi connectivity index (χ0) is 22.8. The van der Waals surface area contributed by atoms with Crippen LogP contribution < -0.4 is 4.90 Å². The molecule has 32 heavy (non-hydrogen) atoms. The number of carbonyl (C=O) groups is 1. The number of carbonyl (C=O) groups excluding carboxylic acids is 1. The second-order valence-corrected chi connectivity index (χ2v) is 9.34. The molecule has 2 atom stereocenters. The monoisotopic (exact) mass is 451 g/mol. The maximum atomic E-state index is 12.6. The van der Waals surface area contributed by atoms with Gasteiger partial charge in [0.1, 0.15) is 30.1 Å². The number of anilines is 1. The van der Waals surface area contributed by atoms with Gasteiger partial charge in [-0.15, -0.1) is 11.8 Å². The van der Waals surface area contributed by atoms with Crippen molar-refractivity contribution in [2.45, 2.75) is 39.2 Å². The van der Waals surface area contributed by atoms with E-state index in [1.54, 1.807) is 0 Å². The molecule has 2 unspecified atom stereocenters. The maximum Gasteiger partial charge on any atom is 0.338 e. The highest BCUT2D eigenvalue weighted by atomic mass is 32.2. The predicted molar refractivity (Wildman–Crippen MR) is 129 cm³/mol. The fourth-order valence-corrected chi connectivity index (χ4v) is 5.08. The van der Waals surface area contributed by atoms with Crippen molar-refractivity contribution in [3.8, 4) is 0 Å². The first-order valence-corrected chi connectivity index (χ1v) is 11.8. The Kier molecular flexibility index (Phi) is 6.51. The average molecular weight is 452 g/mol. The molecule has 0 amide bonds. The van der Waals surface area contributed by atoms with Crippen molar-refractivity contribution in [3.63, 3.8) is 0 Å². The molecular formula is C26H29NO4S. The highest BCUT2D eigenvalue weighted by molar-refractivity contribution is 8.00. The molecule has 168 valence electrons. The second kappa shape index (κ2) is 9.33. The van der Waals surface area contributed by atoms with Gasteiger partial charge in [0.25, 0.3) is 0 Å². The van der Waals surface area contributed by atoms with Crippen LogP contribution in [0, 0.1) is 13.8 Å². The van der Waals surface area contributed by atoms with Crippen LogP contribution in [-0.2, 0) is 14.2 Å². The molecule has 0 aliphatic carbocycles. The second-order valence-electron chi connectivity index (χ2n) is 8.27. The van der Waals surface area contributed by atoms with Crippen LogP contribution >= 0.6 is 11.8 Å². The third kappa shape index (κ3) is 4.65. The van der Waals surface area contributed by atoms with Gasteiger partial charge in [-0.25, -0.2) is 4.79 Å². The van der Waals surface area contributed by atoms with Crippen molar-refractivity contribution in [3.05, 3.63) is 88.5 Å². The minimum Gasteiger partial charge on any atom is -0.491 e. The van der Waals surface area contributed by atoms with Gasteiger partial charge in [0.15, 0.2) is 6.10 Å². The van der Waals surface area contributed by atoms with Crippen molar-refractivity contribution >= 4 is 23.4 Å². The summed E-state index contributed by atoms with van der Waals surface area (Å²) >= 11 is 1.86. The first kappa shape index (κ1) is 22.3. The topological polar surface area (TPSA) is 48.0 Å². The van der Waals surface area contributed by atoms with Gasteiger partial charge in [-0.2, -0.15) is 0 Å². The normalized spacial score (nSPS) is 20.8. The van der Waals surface area contributed by atoms with E-state index >= 15 is 0 Å². The number of benzene rings is 2. The summed E-state index contributed by atoms with van der Waals surface area (Å²) < 4.78 is 16.8. The molecule has 2 heterocycles. The number of aryl methyl sites for hydroxylation is 2. The van der Waals surface area contributed by atoms with Gasteiger partial charge in [0.05, 0.1) is 5.56 Å². The molecule has 0 spiro atoms. The molecule has 4 rings (SSSR count). The number of hydrogen-bond donors (Lipinski definition) is 0. The molecule has 2 aromatic carbocycles. The van der Waals surface area contributed by atoms with Crippen molar-refractivity contribution in [1.29, 1.82) is 0 Å². The lowest BCUT2D eigenvalue weighted by Crippen LogP contribution is -2.30. The number of allylic oxidation sites excluding steroid dienone is 2. The van der Waals surface area contributed by atoms with Crippen molar-refractivity contribution in [2.24, 2.45) is 0 Å². The van der Waals surface area contributed by atoms with E-state index in [1.807, 2.05) is 50.7 Å². The van der Waals surface area contributed by atoms with E-state index in [0.717, 1.165) is 34.2 Å². The van der Waals surface area contributed by atoms with Gasteiger partial charge < -0.3 is 19.1 Å². The fraction of sp³-hybridized carbons (Fsp3) is 0.346. The van der Waals surface area contributed by atoms with Gasteiger partial charge in [-0.1, -0.05) is 36.4 Å². The van der Waals surface area contributed by atoms with E-state index in [-0.39, 0.29) is 24.1 Å². The van der Waals surface area contributed by atoms with Crippen LogP contribution in [0.3, 0.4) is 0 Å². The highest BCUT2D eigenvalue weighted by Gasteiger charge is 2.31. The number of nitrogens with zero attached hydrogens (tertiary/aromatic N) is 1. The lowest BCUT2D eigenvalue weighted by molar-refractivity contribution is -0.0389. The van der Waals surface area contributed by atoms with E-state index in [2.05, 4.69) is 42.7 Å². The van der Waals surface area contributed by atoms with E-state index in [0.29, 0.717) is 12.2 Å². The summed E-state index contributed by atoms with van der Waals surface area (Å²) in [5.74, 6) is 2.00. The number of rotatable bonds is 5. The van der Waals surface area contributed by atoms with Crippen LogP contribution in [0.25, 0.3) is 0 Å². The van der Waals surface area contributed by atoms with Crippen LogP contribution in [0.15, 0.2) is 66.3 Å². The van der Waals surface area contributed by atoms with Gasteiger partial charge in [0, 0.05) is 17.1 Å². The zero-order valence-electron chi connectivity index (χ0n) is 19.0. The van der Waals surface area contributed by atoms with Gasteiger partial charge in [-0.3, -0.25) is 0 Å². The summed E-state index contributed by atoms with van der Waals surface area (Å²) in [6, 6.07) is 14.3. The smallest absolute Gasteiger partial charge is 0.338 e. The predicted octanol–water partition coefficient (Wildman–Crippen LogP) is 5.89. The van der Waals surface area contributed by atoms with Crippen molar-refractivity contribution in [2.75, 3.05) is 23.9 Å². The van der Waals surface area contributed by atoms with Crippen LogP contribution in [0.5, 0.6) is 0 Å². The largest absolute Gasteiger partial charge is 0.491 e. The fourth-order valence-electron chi connectivity index (χ4n) is 3.83. The summed E-state index contributed by atoms with van der Waals surface area (Å²) in [5.41, 5.74) is 6.14. The summed E-state index contributed by atoms with van der Waals surface area (Å²) in [6.07, 6.45) is -0.289. The third-order valence-corrected chi connectivity index (χ3v) is 7.06. The minimum absolute atomic E-state index is 0.152. The molecule has 0 radical (unpaired) electrons. The van der Waals surface area contributed by atoms with Crippen LogP contribution in [0.4, 0.5) is 5.69 Å². The van der Waals surface area contributed by atoms with Gasteiger partial charge in [-0.05, 0) is 57.0 Å². The molecule has 0 bridgehead atoms. The van der Waals surface area contributed by atoms with Crippen molar-refractivity contribution < 1.29 is 19.0 Å². The van der Waals surface area contributed by atoms with E-state index in [1.165, 1.54) is 11.1 Å². The maximum absolute atomic E-state index is 12.6. The Balaban J connectivity index is 1.47. The highest BCUT2D eigenvalue weighted by Crippen LogP contribution is 2.46. The molecule has 1 saturated heterocycles. The molecule has 0 aromatic heterocycles. The number of ether oxygens (including phenoxy) is 3. The standard InChI is InChI=1S/C26H29NO4S/c1-16-6-8-21(9-7-16)25-27(18(3)15-32-25)24-11-10-22(12-17(24)2)26(28)30-14-23-13-29-19(4)20(5)31-23/h6-12,23,25H,3,13-15H2,1-2,4-5H3. The molecule has 2 aromatic rings. The molecule has 5 nitrogen and oxygen atoms in total. The summed E-state index contributed by atoms with van der Waals surface area (Å²) in [6.45, 7) is 12.6. The SMILES string of the molecule is C=C1CSC(c2ccc(C)cc2)N1c1ccc(C(=O)OCC2COC(C)=C(C)O2)cc1C. The quantitative estimate of drug-likeness (QED) is 0.528. The number of hydrogen-bond acceptors (Lipinski definition) is 6. The lowest BCUT2D eigenvalue weighted by atomic mass is 10.1. The van der Waals surface area contributed by atoms with Gasteiger partial charge in [0.2, 0.25) is 0 Å². The molecule has 2 aliphatic rings. The van der Waals surface area contributed by atoms with E-state index in [4.69, 9.17) is 14.2 Å². The molecule has 6 heteroatoms. The molecule has 2 aliphatic heterocycles. The third-order valence-electron chi connectivity index (χ3n) is 5.76. The average Bonchev–Trinajstić information content (AvgIpc) is 3.16. The molecule has 0 saturated carbocycles. The molecule has 1 fully saturated rings. The Bertz CT molecular complexity index is 1060. The van der Waals surface area contributed by atoms with E-state index in [9.17, 15) is 4.79 Å². The molecule has 0 N–H and O–H groups in total. The Morgan fingerprint density at radius 1 is 1.12 bits per heavy atom. The Morgan fingerprint density at radius 3 is 2.56 bits per heavy atom. The van der Waals surface area contributed by atoms with Crippen LogP contribution in [-0.4, -0.2) is 31.0 Å². The Hall–Kier alpha value is -2.86. The number of esters is 1. The zero-order valence-corrected chi connectivity index (χ0v) is 19.8. The van der Waals surface area contributed by atoms with Crippen LogP contribution in [0.2, 0.25) is 0 Å². The van der Waals surface area contributed by atoms with Crippen molar-refractivity contribution in [1.82, 2.24) is 0 Å². The summed E-state index contributed by atoms with van der Waals surface area (Å²) in [5, 5.41) is 0.169. The Labute approximate surface area is 194 Å². The first-order chi connectivity index (χ1) is 15.3. The minimum atomic E-state index is -0.364. The van der Waals surface area contributed by atoms with Gasteiger partial charge >= 0.3 is 5.97 Å². The van der Waals surface area contributed by atoms with Crippen LogP contribution in [0.1, 0.15) is 46.3 Å². The summed E-state index contributed by atoms with van der Waals surface area (Å²) in [7, 11) is 0.